The van der Waals surface area contributed by atoms with Gasteiger partial charge < -0.3 is 5.32 Å². The third-order valence-corrected chi connectivity index (χ3v) is 2.44. The van der Waals surface area contributed by atoms with Crippen molar-refractivity contribution in [1.82, 2.24) is 5.32 Å². The highest BCUT2D eigenvalue weighted by atomic mass is 35.5. The van der Waals surface area contributed by atoms with E-state index in [0.717, 1.165) is 12.8 Å². The second-order valence-electron chi connectivity index (χ2n) is 3.75. The molecule has 0 bridgehead atoms. The van der Waals surface area contributed by atoms with Crippen molar-refractivity contribution in [3.8, 4) is 0 Å². The molecule has 1 atom stereocenters. The van der Waals surface area contributed by atoms with Gasteiger partial charge in [0.1, 0.15) is 0 Å². The summed E-state index contributed by atoms with van der Waals surface area (Å²) in [7, 11) is 0. The Morgan fingerprint density at radius 1 is 1.31 bits per heavy atom. The van der Waals surface area contributed by atoms with E-state index in [4.69, 9.17) is 11.6 Å². The van der Waals surface area contributed by atoms with Crippen molar-refractivity contribution in [2.24, 2.45) is 5.92 Å². The van der Waals surface area contributed by atoms with Gasteiger partial charge in [-0.3, -0.25) is 4.79 Å². The molecule has 0 aliphatic rings. The van der Waals surface area contributed by atoms with Gasteiger partial charge in [0, 0.05) is 18.3 Å². The summed E-state index contributed by atoms with van der Waals surface area (Å²) in [5.41, 5.74) is 0. The number of alkyl halides is 1. The van der Waals surface area contributed by atoms with E-state index in [9.17, 15) is 4.79 Å². The van der Waals surface area contributed by atoms with Crippen LogP contribution in [-0.2, 0) is 4.79 Å². The molecule has 0 radical (unpaired) electrons. The van der Waals surface area contributed by atoms with Crippen molar-refractivity contribution in [2.45, 2.75) is 46.1 Å². The van der Waals surface area contributed by atoms with Crippen LogP contribution in [0.3, 0.4) is 0 Å². The largest absolute Gasteiger partial charge is 0.353 e. The normalized spacial score (nSPS) is 13.0. The summed E-state index contributed by atoms with van der Waals surface area (Å²) in [6, 6.07) is 0.267. The topological polar surface area (TPSA) is 29.1 Å². The van der Waals surface area contributed by atoms with Crippen LogP contribution in [0.25, 0.3) is 0 Å². The first-order valence-corrected chi connectivity index (χ1v) is 5.46. The molecule has 0 aromatic rings. The van der Waals surface area contributed by atoms with E-state index in [1.807, 2.05) is 6.92 Å². The second-order valence-corrected chi connectivity index (χ2v) is 4.12. The van der Waals surface area contributed by atoms with E-state index < -0.39 is 0 Å². The first-order chi connectivity index (χ1) is 6.07. The van der Waals surface area contributed by atoms with Gasteiger partial charge >= 0.3 is 0 Å². The SMILES string of the molecule is CC(C)C(C)NC(=O)CCCCCl. The van der Waals surface area contributed by atoms with Gasteiger partial charge in [0.2, 0.25) is 5.91 Å². The number of hydrogen-bond acceptors (Lipinski definition) is 1. The smallest absolute Gasteiger partial charge is 0.220 e. The van der Waals surface area contributed by atoms with E-state index >= 15 is 0 Å². The van der Waals surface area contributed by atoms with Crippen LogP contribution in [0, 0.1) is 5.92 Å². The molecule has 0 aromatic heterocycles. The molecule has 0 fully saturated rings. The van der Waals surface area contributed by atoms with E-state index in [2.05, 4.69) is 19.2 Å². The summed E-state index contributed by atoms with van der Waals surface area (Å²) < 4.78 is 0. The number of carbonyl (C=O) groups is 1. The molecule has 0 spiro atoms. The fourth-order valence-electron chi connectivity index (χ4n) is 0.873. The average molecular weight is 206 g/mol. The number of halogens is 1. The molecular formula is C10H20ClNO. The predicted octanol–water partition coefficient (Wildman–Crippen LogP) is 2.56. The zero-order chi connectivity index (χ0) is 10.3. The molecule has 2 nitrogen and oxygen atoms in total. The van der Waals surface area contributed by atoms with Gasteiger partial charge in [-0.25, -0.2) is 0 Å². The molecule has 0 saturated heterocycles. The molecule has 0 aliphatic carbocycles. The number of unbranched alkanes of at least 4 members (excludes halogenated alkanes) is 1. The Morgan fingerprint density at radius 2 is 1.92 bits per heavy atom. The van der Waals surface area contributed by atoms with Crippen LogP contribution < -0.4 is 5.32 Å². The highest BCUT2D eigenvalue weighted by Gasteiger charge is 2.09. The zero-order valence-corrected chi connectivity index (χ0v) is 9.53. The lowest BCUT2D eigenvalue weighted by atomic mass is 10.1. The lowest BCUT2D eigenvalue weighted by molar-refractivity contribution is -0.122. The Balaban J connectivity index is 3.50. The number of carbonyl (C=O) groups excluding carboxylic acids is 1. The minimum Gasteiger partial charge on any atom is -0.353 e. The van der Waals surface area contributed by atoms with E-state index in [-0.39, 0.29) is 11.9 Å². The van der Waals surface area contributed by atoms with Crippen LogP contribution in [-0.4, -0.2) is 17.8 Å². The van der Waals surface area contributed by atoms with Gasteiger partial charge in [-0.05, 0) is 25.7 Å². The third-order valence-electron chi connectivity index (χ3n) is 2.18. The minimum atomic E-state index is 0.145. The molecular weight excluding hydrogens is 186 g/mol. The third kappa shape index (κ3) is 6.88. The van der Waals surface area contributed by atoms with E-state index in [1.165, 1.54) is 0 Å². The van der Waals surface area contributed by atoms with Crippen LogP contribution in [0.1, 0.15) is 40.0 Å². The highest BCUT2D eigenvalue weighted by Crippen LogP contribution is 2.02. The predicted molar refractivity (Wildman–Crippen MR) is 57.0 cm³/mol. The number of nitrogens with one attached hydrogen (secondary N) is 1. The Labute approximate surface area is 86.0 Å². The van der Waals surface area contributed by atoms with E-state index in [0.29, 0.717) is 18.2 Å². The standard InChI is InChI=1S/C10H20ClNO/c1-8(2)9(3)12-10(13)6-4-5-7-11/h8-9H,4-7H2,1-3H3,(H,12,13). The molecule has 0 aromatic carbocycles. The molecule has 1 N–H and O–H groups in total. The van der Waals surface area contributed by atoms with Gasteiger partial charge in [0.15, 0.2) is 0 Å². The summed E-state index contributed by atoms with van der Waals surface area (Å²) in [4.78, 5) is 11.3. The molecule has 0 saturated carbocycles. The quantitative estimate of drug-likeness (QED) is 0.524. The van der Waals surface area contributed by atoms with Crippen molar-refractivity contribution < 1.29 is 4.79 Å². The summed E-state index contributed by atoms with van der Waals surface area (Å²) in [5, 5.41) is 2.96. The van der Waals surface area contributed by atoms with Gasteiger partial charge in [-0.1, -0.05) is 13.8 Å². The van der Waals surface area contributed by atoms with Gasteiger partial charge in [0.25, 0.3) is 0 Å². The maximum atomic E-state index is 11.3. The molecule has 0 heterocycles. The van der Waals surface area contributed by atoms with Crippen molar-refractivity contribution >= 4 is 17.5 Å². The van der Waals surface area contributed by atoms with Crippen LogP contribution >= 0.6 is 11.6 Å². The number of hydrogen-bond donors (Lipinski definition) is 1. The highest BCUT2D eigenvalue weighted by molar-refractivity contribution is 6.17. The fraction of sp³-hybridized carbons (Fsp3) is 0.900. The van der Waals surface area contributed by atoms with Crippen LogP contribution in [0.15, 0.2) is 0 Å². The Hall–Kier alpha value is -0.240. The monoisotopic (exact) mass is 205 g/mol. The number of rotatable bonds is 6. The Bertz CT molecular complexity index is 148. The first kappa shape index (κ1) is 12.8. The van der Waals surface area contributed by atoms with Crippen molar-refractivity contribution in [1.29, 1.82) is 0 Å². The molecule has 13 heavy (non-hydrogen) atoms. The average Bonchev–Trinajstić information content (AvgIpc) is 2.04. The molecule has 0 rings (SSSR count). The fourth-order valence-corrected chi connectivity index (χ4v) is 1.06. The van der Waals surface area contributed by atoms with Crippen LogP contribution in [0.2, 0.25) is 0 Å². The zero-order valence-electron chi connectivity index (χ0n) is 8.77. The van der Waals surface area contributed by atoms with Crippen molar-refractivity contribution in [3.63, 3.8) is 0 Å². The molecule has 0 aliphatic heterocycles. The lowest BCUT2D eigenvalue weighted by Crippen LogP contribution is -2.35. The Morgan fingerprint density at radius 3 is 2.38 bits per heavy atom. The lowest BCUT2D eigenvalue weighted by Gasteiger charge is -2.17. The maximum Gasteiger partial charge on any atom is 0.220 e. The summed E-state index contributed by atoms with van der Waals surface area (Å²) in [5.74, 6) is 1.29. The number of amides is 1. The molecule has 78 valence electrons. The van der Waals surface area contributed by atoms with Crippen molar-refractivity contribution in [2.75, 3.05) is 5.88 Å². The van der Waals surface area contributed by atoms with E-state index in [1.54, 1.807) is 0 Å². The van der Waals surface area contributed by atoms with Gasteiger partial charge in [0.05, 0.1) is 0 Å². The van der Waals surface area contributed by atoms with Gasteiger partial charge in [-0.2, -0.15) is 0 Å². The maximum absolute atomic E-state index is 11.3. The van der Waals surface area contributed by atoms with Crippen LogP contribution in [0.4, 0.5) is 0 Å². The van der Waals surface area contributed by atoms with Crippen molar-refractivity contribution in [3.05, 3.63) is 0 Å². The van der Waals surface area contributed by atoms with Gasteiger partial charge in [-0.15, -0.1) is 11.6 Å². The molecule has 1 unspecified atom stereocenters. The first-order valence-electron chi connectivity index (χ1n) is 4.93. The minimum absolute atomic E-state index is 0.145. The molecule has 1 amide bonds. The van der Waals surface area contributed by atoms with Crippen LogP contribution in [0.5, 0.6) is 0 Å². The molecule has 3 heteroatoms. The summed E-state index contributed by atoms with van der Waals surface area (Å²) in [6.45, 7) is 6.23. The Kier molecular flexibility index (Phi) is 7.06. The summed E-state index contributed by atoms with van der Waals surface area (Å²) >= 11 is 5.51. The summed E-state index contributed by atoms with van der Waals surface area (Å²) in [6.07, 6.45) is 2.41. The second kappa shape index (κ2) is 7.19.